The van der Waals surface area contributed by atoms with Crippen molar-refractivity contribution < 1.29 is 31.9 Å². The first-order valence-electron chi connectivity index (χ1n) is 7.65. The lowest BCUT2D eigenvalue weighted by molar-refractivity contribution is -0.0498. The molecule has 3 rings (SSSR count). The Bertz CT molecular complexity index is 924. The van der Waals surface area contributed by atoms with Gasteiger partial charge in [-0.15, -0.1) is 10.2 Å². The predicted octanol–water partition coefficient (Wildman–Crippen LogP) is 4.32. The van der Waals surface area contributed by atoms with Crippen LogP contribution in [0.25, 0.3) is 11.5 Å². The number of aromatic nitrogens is 2. The van der Waals surface area contributed by atoms with Gasteiger partial charge in [-0.2, -0.15) is 8.78 Å². The van der Waals surface area contributed by atoms with Crippen molar-refractivity contribution in [2.24, 2.45) is 0 Å². The monoisotopic (exact) mass is 396 g/mol. The molecule has 142 valence electrons. The quantitative estimate of drug-likeness (QED) is 0.431. The fourth-order valence-electron chi connectivity index (χ4n) is 2.22. The number of alkyl halides is 2. The molecule has 0 atom stereocenters. The molecule has 0 radical (unpaired) electrons. The highest BCUT2D eigenvalue weighted by molar-refractivity contribution is 7.98. The van der Waals surface area contributed by atoms with E-state index in [1.54, 1.807) is 13.0 Å². The molecule has 1 aromatic carbocycles. The number of nitrogens with zero attached hydrogens (tertiary/aromatic N) is 2. The van der Waals surface area contributed by atoms with Gasteiger partial charge in [-0.05, 0) is 37.3 Å². The molecule has 7 nitrogen and oxygen atoms in total. The van der Waals surface area contributed by atoms with E-state index < -0.39 is 12.6 Å². The van der Waals surface area contributed by atoms with Gasteiger partial charge in [0, 0.05) is 5.56 Å². The van der Waals surface area contributed by atoms with Gasteiger partial charge in [0.25, 0.3) is 5.22 Å². The molecule has 0 saturated heterocycles. The summed E-state index contributed by atoms with van der Waals surface area (Å²) in [5, 5.41) is 8.14. The lowest BCUT2D eigenvalue weighted by Crippen LogP contribution is -2.01. The van der Waals surface area contributed by atoms with Gasteiger partial charge in [-0.3, -0.25) is 0 Å². The second kappa shape index (κ2) is 8.21. The Labute approximate surface area is 156 Å². The molecule has 0 aliphatic carbocycles. The average molecular weight is 396 g/mol. The van der Waals surface area contributed by atoms with Crippen LogP contribution in [0.5, 0.6) is 5.75 Å². The summed E-state index contributed by atoms with van der Waals surface area (Å²) in [5.41, 5.74) is 0.934. The number of hydrogen-bond acceptors (Lipinski definition) is 8. The van der Waals surface area contributed by atoms with Crippen molar-refractivity contribution in [1.29, 1.82) is 0 Å². The fraction of sp³-hybridized carbons (Fsp3) is 0.235. The number of carbonyl (C=O) groups is 1. The number of hydrogen-bond donors (Lipinski definition) is 0. The van der Waals surface area contributed by atoms with Crippen LogP contribution in [0.15, 0.2) is 44.4 Å². The zero-order valence-corrected chi connectivity index (χ0v) is 15.1. The molecular weight excluding hydrogens is 382 g/mol. The first-order chi connectivity index (χ1) is 13.0. The maximum Gasteiger partial charge on any atom is 0.387 e. The first-order valence-corrected chi connectivity index (χ1v) is 8.64. The Kier molecular flexibility index (Phi) is 5.75. The van der Waals surface area contributed by atoms with Gasteiger partial charge in [0.2, 0.25) is 5.89 Å². The van der Waals surface area contributed by atoms with E-state index in [9.17, 15) is 13.6 Å². The van der Waals surface area contributed by atoms with Crippen molar-refractivity contribution in [2.45, 2.75) is 24.5 Å². The minimum Gasteiger partial charge on any atom is -0.465 e. The lowest BCUT2D eigenvalue weighted by Gasteiger charge is -2.03. The van der Waals surface area contributed by atoms with Gasteiger partial charge in [-0.25, -0.2) is 4.79 Å². The smallest absolute Gasteiger partial charge is 0.387 e. The lowest BCUT2D eigenvalue weighted by atomic mass is 10.2. The highest BCUT2D eigenvalue weighted by atomic mass is 32.2. The Hall–Kier alpha value is -2.88. The fourth-order valence-corrected chi connectivity index (χ4v) is 2.87. The summed E-state index contributed by atoms with van der Waals surface area (Å²) in [4.78, 5) is 11.6. The van der Waals surface area contributed by atoms with E-state index in [1.807, 2.05) is 0 Å². The molecule has 0 amide bonds. The maximum atomic E-state index is 12.2. The third-order valence-electron chi connectivity index (χ3n) is 3.44. The normalized spacial score (nSPS) is 11.0. The summed E-state index contributed by atoms with van der Waals surface area (Å²) in [5.74, 6) is 1.22. The van der Waals surface area contributed by atoms with Crippen molar-refractivity contribution >= 4 is 17.7 Å². The van der Waals surface area contributed by atoms with Crippen LogP contribution in [-0.4, -0.2) is 29.9 Å². The van der Waals surface area contributed by atoms with Crippen LogP contribution in [-0.2, 0) is 10.5 Å². The maximum absolute atomic E-state index is 12.2. The zero-order valence-electron chi connectivity index (χ0n) is 14.3. The molecule has 10 heteroatoms. The molecule has 2 heterocycles. The van der Waals surface area contributed by atoms with Crippen LogP contribution in [0.3, 0.4) is 0 Å². The summed E-state index contributed by atoms with van der Waals surface area (Å²) in [6.45, 7) is -1.21. The number of benzene rings is 1. The van der Waals surface area contributed by atoms with Crippen LogP contribution < -0.4 is 4.74 Å². The van der Waals surface area contributed by atoms with Crippen LogP contribution in [0, 0.1) is 6.92 Å². The Balaban J connectivity index is 1.64. The number of ether oxygens (including phenoxy) is 2. The van der Waals surface area contributed by atoms with Crippen LogP contribution in [0.4, 0.5) is 8.78 Å². The van der Waals surface area contributed by atoms with Gasteiger partial charge >= 0.3 is 12.6 Å². The van der Waals surface area contributed by atoms with Gasteiger partial charge < -0.3 is 18.3 Å². The standard InChI is InChI=1S/C17H14F2N2O5S/c1-9-13(15(22)23-2)7-12(24-9)8-27-17-21-20-14(26-17)10-3-5-11(6-4-10)25-16(18)19/h3-7,16H,8H2,1-2H3. The van der Waals surface area contributed by atoms with Crippen LogP contribution >= 0.6 is 11.8 Å². The minimum atomic E-state index is -2.88. The molecule has 0 N–H and O–H groups in total. The van der Waals surface area contributed by atoms with E-state index in [0.717, 1.165) is 0 Å². The number of rotatable bonds is 7. The molecule has 0 unspecified atom stereocenters. The highest BCUT2D eigenvalue weighted by Gasteiger charge is 2.17. The van der Waals surface area contributed by atoms with Gasteiger partial charge in [0.15, 0.2) is 0 Å². The van der Waals surface area contributed by atoms with E-state index in [4.69, 9.17) is 8.83 Å². The summed E-state index contributed by atoms with van der Waals surface area (Å²) in [6.07, 6.45) is 0. The molecule has 0 saturated carbocycles. The SMILES string of the molecule is COC(=O)c1cc(CSc2nnc(-c3ccc(OC(F)F)cc3)o2)oc1C. The summed E-state index contributed by atoms with van der Waals surface area (Å²) >= 11 is 1.23. The summed E-state index contributed by atoms with van der Waals surface area (Å²) in [6, 6.07) is 7.46. The number of carbonyl (C=O) groups excluding carboxylic acids is 1. The predicted molar refractivity (Wildman–Crippen MR) is 90.7 cm³/mol. The Morgan fingerprint density at radius 1 is 1.22 bits per heavy atom. The molecular formula is C17H14F2N2O5S. The van der Waals surface area contributed by atoms with E-state index in [2.05, 4.69) is 19.7 Å². The number of halogens is 2. The van der Waals surface area contributed by atoms with Crippen molar-refractivity contribution in [3.63, 3.8) is 0 Å². The third kappa shape index (κ3) is 4.64. The van der Waals surface area contributed by atoms with Gasteiger partial charge in [0.1, 0.15) is 22.8 Å². The molecule has 0 bridgehead atoms. The van der Waals surface area contributed by atoms with Crippen molar-refractivity contribution in [3.05, 3.63) is 47.4 Å². The first kappa shape index (κ1) is 18.9. The second-order valence-corrected chi connectivity index (χ2v) is 6.17. The third-order valence-corrected chi connectivity index (χ3v) is 4.29. The van der Waals surface area contributed by atoms with Crippen molar-refractivity contribution in [2.75, 3.05) is 7.11 Å². The molecule has 0 aliphatic rings. The van der Waals surface area contributed by atoms with E-state index in [0.29, 0.717) is 33.6 Å². The molecule has 0 fully saturated rings. The van der Waals surface area contributed by atoms with Crippen LogP contribution in [0.2, 0.25) is 0 Å². The number of methoxy groups -OCH3 is 1. The van der Waals surface area contributed by atoms with E-state index in [-0.39, 0.29) is 11.6 Å². The number of furan rings is 1. The Morgan fingerprint density at radius 2 is 1.96 bits per heavy atom. The topological polar surface area (TPSA) is 87.6 Å². The minimum absolute atomic E-state index is 0.0393. The molecule has 27 heavy (non-hydrogen) atoms. The molecule has 2 aromatic heterocycles. The van der Waals surface area contributed by atoms with Crippen molar-refractivity contribution in [1.82, 2.24) is 10.2 Å². The summed E-state index contributed by atoms with van der Waals surface area (Å²) < 4.78 is 44.3. The van der Waals surface area contributed by atoms with Crippen molar-refractivity contribution in [3.8, 4) is 17.2 Å². The molecule has 0 spiro atoms. The number of aryl methyl sites for hydroxylation is 1. The summed E-state index contributed by atoms with van der Waals surface area (Å²) in [7, 11) is 1.30. The largest absolute Gasteiger partial charge is 0.465 e. The van der Waals surface area contributed by atoms with E-state index >= 15 is 0 Å². The zero-order chi connectivity index (χ0) is 19.4. The highest BCUT2D eigenvalue weighted by Crippen LogP contribution is 2.28. The Morgan fingerprint density at radius 3 is 2.63 bits per heavy atom. The second-order valence-electron chi connectivity index (χ2n) is 5.24. The van der Waals surface area contributed by atoms with Gasteiger partial charge in [0.05, 0.1) is 12.9 Å². The number of thioether (sulfide) groups is 1. The van der Waals surface area contributed by atoms with Crippen LogP contribution in [0.1, 0.15) is 21.9 Å². The average Bonchev–Trinajstić information content (AvgIpc) is 3.26. The molecule has 3 aromatic rings. The number of esters is 1. The molecule has 0 aliphatic heterocycles. The van der Waals surface area contributed by atoms with E-state index in [1.165, 1.54) is 43.1 Å². The van der Waals surface area contributed by atoms with Gasteiger partial charge in [-0.1, -0.05) is 11.8 Å².